The molecule has 1 fully saturated rings. The third-order valence-electron chi connectivity index (χ3n) is 3.92. The Morgan fingerprint density at radius 2 is 1.86 bits per heavy atom. The number of halogens is 3. The average Bonchev–Trinajstić information content (AvgIpc) is 2.45. The first-order valence-electron chi connectivity index (χ1n) is 7.30. The van der Waals surface area contributed by atoms with E-state index in [1.807, 2.05) is 0 Å². The molecule has 1 aromatic carbocycles. The van der Waals surface area contributed by atoms with Crippen molar-refractivity contribution in [3.8, 4) is 0 Å². The Bertz CT molecular complexity index is 572. The van der Waals surface area contributed by atoms with Crippen LogP contribution in [-0.2, 0) is 15.6 Å². The van der Waals surface area contributed by atoms with E-state index in [4.69, 9.17) is 0 Å². The Hall–Kier alpha value is -1.08. The zero-order valence-electron chi connectivity index (χ0n) is 12.2. The minimum atomic E-state index is -4.19. The minimum Gasteiger partial charge on any atom is -0.302 e. The highest BCUT2D eigenvalue weighted by molar-refractivity contribution is 7.90. The molecule has 0 N–H and O–H groups in total. The van der Waals surface area contributed by atoms with Crippen LogP contribution in [0.15, 0.2) is 30.3 Å². The number of nitrogens with zero attached hydrogens (tertiary/aromatic N) is 1. The van der Waals surface area contributed by atoms with Crippen molar-refractivity contribution in [2.45, 2.75) is 24.8 Å². The molecule has 1 aliphatic rings. The molecular formula is C15H20F3NO2S. The van der Waals surface area contributed by atoms with Crippen molar-refractivity contribution in [2.24, 2.45) is 5.92 Å². The number of hydrogen-bond donors (Lipinski definition) is 0. The summed E-state index contributed by atoms with van der Waals surface area (Å²) in [7, 11) is -3.31. The lowest BCUT2D eigenvalue weighted by atomic mass is 9.98. The molecule has 1 atom stereocenters. The maximum Gasteiger partial charge on any atom is 0.393 e. The van der Waals surface area contributed by atoms with Crippen LogP contribution in [0.1, 0.15) is 18.4 Å². The van der Waals surface area contributed by atoms with Crippen molar-refractivity contribution in [3.63, 3.8) is 0 Å². The van der Waals surface area contributed by atoms with Crippen molar-refractivity contribution >= 4 is 9.84 Å². The van der Waals surface area contributed by atoms with Crippen LogP contribution >= 0.6 is 0 Å². The lowest BCUT2D eigenvalue weighted by Gasteiger charge is -2.33. The molecule has 124 valence electrons. The first kappa shape index (κ1) is 17.3. The molecule has 0 aliphatic carbocycles. The quantitative estimate of drug-likeness (QED) is 0.830. The summed E-state index contributed by atoms with van der Waals surface area (Å²) in [5.41, 5.74) is 0.703. The molecule has 1 aromatic rings. The highest BCUT2D eigenvalue weighted by Crippen LogP contribution is 2.32. The summed E-state index contributed by atoms with van der Waals surface area (Å²) in [6, 6.07) is 8.81. The number of hydrogen-bond acceptors (Lipinski definition) is 3. The minimum absolute atomic E-state index is 0.0651. The predicted octanol–water partition coefficient (Wildman–Crippen LogP) is 2.88. The first-order chi connectivity index (χ1) is 10.3. The van der Waals surface area contributed by atoms with Gasteiger partial charge in [-0.3, -0.25) is 0 Å². The number of rotatable bonds is 5. The van der Waals surface area contributed by atoms with Crippen LogP contribution in [0, 0.1) is 5.92 Å². The molecule has 0 unspecified atom stereocenters. The van der Waals surface area contributed by atoms with Crippen molar-refractivity contribution in [2.75, 3.05) is 25.4 Å². The van der Waals surface area contributed by atoms with Gasteiger partial charge in [0.05, 0.1) is 17.4 Å². The van der Waals surface area contributed by atoms with Gasteiger partial charge in [-0.25, -0.2) is 8.42 Å². The molecule has 7 heteroatoms. The number of alkyl halides is 3. The molecule has 0 bridgehead atoms. The standard InChI is InChI=1S/C15H20F3NO2S/c16-15(17,18)14-7-4-8-19(11-14)9-10-22(20,21)12-13-5-2-1-3-6-13/h1-3,5-6,14H,4,7-12H2/t14-/m1/s1. The molecule has 3 nitrogen and oxygen atoms in total. The summed E-state index contributed by atoms with van der Waals surface area (Å²) in [6.45, 7) is 0.611. The summed E-state index contributed by atoms with van der Waals surface area (Å²) in [6.07, 6.45) is -3.60. The van der Waals surface area contributed by atoms with E-state index in [0.29, 0.717) is 18.5 Å². The fourth-order valence-corrected chi connectivity index (χ4v) is 4.08. The molecule has 0 radical (unpaired) electrons. The van der Waals surface area contributed by atoms with Gasteiger partial charge in [-0.2, -0.15) is 13.2 Å². The van der Waals surface area contributed by atoms with Crippen LogP contribution in [0.3, 0.4) is 0 Å². The van der Waals surface area contributed by atoms with Gasteiger partial charge in [0, 0.05) is 13.1 Å². The van der Waals surface area contributed by atoms with Gasteiger partial charge in [0.15, 0.2) is 9.84 Å². The van der Waals surface area contributed by atoms with Crippen molar-refractivity contribution in [3.05, 3.63) is 35.9 Å². The molecule has 1 heterocycles. The zero-order valence-corrected chi connectivity index (χ0v) is 13.0. The van der Waals surface area contributed by atoms with Gasteiger partial charge in [0.25, 0.3) is 0 Å². The smallest absolute Gasteiger partial charge is 0.302 e. The first-order valence-corrected chi connectivity index (χ1v) is 9.12. The van der Waals surface area contributed by atoms with Gasteiger partial charge in [-0.15, -0.1) is 0 Å². The van der Waals surface area contributed by atoms with Crippen LogP contribution in [0.5, 0.6) is 0 Å². The second-order valence-corrected chi connectivity index (χ2v) is 7.94. The van der Waals surface area contributed by atoms with Crippen LogP contribution in [-0.4, -0.2) is 44.9 Å². The van der Waals surface area contributed by atoms with E-state index < -0.39 is 21.9 Å². The Labute approximate surface area is 129 Å². The molecule has 0 saturated carbocycles. The van der Waals surface area contributed by atoms with Crippen molar-refractivity contribution in [1.82, 2.24) is 4.90 Å². The van der Waals surface area contributed by atoms with E-state index in [1.54, 1.807) is 35.2 Å². The Kier molecular flexibility index (Phi) is 5.50. The number of likely N-dealkylation sites (tertiary alicyclic amines) is 1. The summed E-state index contributed by atoms with van der Waals surface area (Å²) < 4.78 is 62.3. The van der Waals surface area contributed by atoms with Crippen LogP contribution < -0.4 is 0 Å². The van der Waals surface area contributed by atoms with E-state index in [-0.39, 0.29) is 31.0 Å². The maximum atomic E-state index is 12.7. The average molecular weight is 335 g/mol. The normalized spacial score (nSPS) is 21.0. The third-order valence-corrected chi connectivity index (χ3v) is 5.49. The second-order valence-electron chi connectivity index (χ2n) is 5.76. The fourth-order valence-electron chi connectivity index (χ4n) is 2.69. The van der Waals surface area contributed by atoms with Gasteiger partial charge < -0.3 is 4.90 Å². The number of piperidine rings is 1. The maximum absolute atomic E-state index is 12.7. The zero-order chi connectivity index (χ0) is 16.2. The summed E-state index contributed by atoms with van der Waals surface area (Å²) in [4.78, 5) is 1.62. The van der Waals surface area contributed by atoms with E-state index >= 15 is 0 Å². The SMILES string of the molecule is O=S(=O)(CCN1CCC[C@@H](C(F)(F)F)C1)Cc1ccccc1. The van der Waals surface area contributed by atoms with Gasteiger partial charge in [0.2, 0.25) is 0 Å². The van der Waals surface area contributed by atoms with E-state index in [2.05, 4.69) is 0 Å². The van der Waals surface area contributed by atoms with Gasteiger partial charge in [0.1, 0.15) is 0 Å². The fraction of sp³-hybridized carbons (Fsp3) is 0.600. The molecule has 1 saturated heterocycles. The highest BCUT2D eigenvalue weighted by atomic mass is 32.2. The van der Waals surface area contributed by atoms with Crippen LogP contribution in [0.25, 0.3) is 0 Å². The largest absolute Gasteiger partial charge is 0.393 e. The third kappa shape index (κ3) is 5.28. The number of benzene rings is 1. The van der Waals surface area contributed by atoms with E-state index in [0.717, 1.165) is 0 Å². The summed E-state index contributed by atoms with van der Waals surface area (Å²) >= 11 is 0. The molecule has 0 amide bonds. The Balaban J connectivity index is 1.86. The summed E-state index contributed by atoms with van der Waals surface area (Å²) in [5.74, 6) is -1.50. The molecule has 2 rings (SSSR count). The number of sulfone groups is 1. The summed E-state index contributed by atoms with van der Waals surface area (Å²) in [5, 5.41) is 0. The van der Waals surface area contributed by atoms with Gasteiger partial charge in [-0.05, 0) is 24.9 Å². The van der Waals surface area contributed by atoms with Crippen molar-refractivity contribution < 1.29 is 21.6 Å². The second kappa shape index (κ2) is 7.00. The van der Waals surface area contributed by atoms with Crippen molar-refractivity contribution in [1.29, 1.82) is 0 Å². The van der Waals surface area contributed by atoms with Crippen LogP contribution in [0.4, 0.5) is 13.2 Å². The van der Waals surface area contributed by atoms with Gasteiger partial charge in [-0.1, -0.05) is 30.3 Å². The molecule has 22 heavy (non-hydrogen) atoms. The monoisotopic (exact) mass is 335 g/mol. The molecule has 0 aromatic heterocycles. The lowest BCUT2D eigenvalue weighted by molar-refractivity contribution is -0.186. The molecule has 1 aliphatic heterocycles. The predicted molar refractivity (Wildman–Crippen MR) is 79.2 cm³/mol. The topological polar surface area (TPSA) is 37.4 Å². The van der Waals surface area contributed by atoms with Gasteiger partial charge >= 0.3 is 6.18 Å². The van der Waals surface area contributed by atoms with E-state index in [1.165, 1.54) is 0 Å². The Morgan fingerprint density at radius 1 is 1.18 bits per heavy atom. The molecular weight excluding hydrogens is 315 g/mol. The highest BCUT2D eigenvalue weighted by Gasteiger charge is 2.41. The molecule has 0 spiro atoms. The van der Waals surface area contributed by atoms with Crippen LogP contribution in [0.2, 0.25) is 0 Å². The lowest BCUT2D eigenvalue weighted by Crippen LogP contribution is -2.43. The Morgan fingerprint density at radius 3 is 2.50 bits per heavy atom. The van der Waals surface area contributed by atoms with E-state index in [9.17, 15) is 21.6 Å².